The molecule has 2 aromatic heterocycles. The Labute approximate surface area is 203 Å². The van der Waals surface area contributed by atoms with E-state index in [4.69, 9.17) is 9.47 Å². The summed E-state index contributed by atoms with van der Waals surface area (Å²) in [5.41, 5.74) is 3.27. The second kappa shape index (κ2) is 10.7. The van der Waals surface area contributed by atoms with E-state index in [2.05, 4.69) is 5.32 Å². The van der Waals surface area contributed by atoms with Gasteiger partial charge in [-0.2, -0.15) is 0 Å². The maximum absolute atomic E-state index is 13.3. The third-order valence-corrected chi connectivity index (χ3v) is 5.61. The number of aromatic nitrogens is 1. The number of pyridine rings is 1. The molecule has 0 saturated carbocycles. The van der Waals surface area contributed by atoms with E-state index in [1.165, 1.54) is 0 Å². The summed E-state index contributed by atoms with van der Waals surface area (Å²) < 4.78 is 12.1. The highest BCUT2D eigenvalue weighted by atomic mass is 16.5. The van der Waals surface area contributed by atoms with Crippen LogP contribution in [0.2, 0.25) is 0 Å². The highest BCUT2D eigenvalue weighted by Crippen LogP contribution is 2.30. The molecular weight excluding hydrogens is 444 g/mol. The standard InChI is InChI=1S/C28H26N2O5/c1-3-4-17-35-28(33)20-8-12-21(13-9-20)29-27(32)26(31)25-24(18-22-7-5-6-16-30(22)25)19-10-14-23(34-2)15-11-19/h5-16,18H,3-4,17H2,1-2H3,(H,29,32). The minimum absolute atomic E-state index is 0.263. The fourth-order valence-electron chi connectivity index (χ4n) is 3.72. The molecule has 1 amide bonds. The Hall–Kier alpha value is -4.39. The van der Waals surface area contributed by atoms with Crippen molar-refractivity contribution >= 4 is 28.9 Å². The molecule has 2 aromatic carbocycles. The Morgan fingerprint density at radius 1 is 0.943 bits per heavy atom. The molecule has 0 spiro atoms. The Balaban J connectivity index is 1.57. The van der Waals surface area contributed by atoms with Gasteiger partial charge in [0.1, 0.15) is 11.4 Å². The van der Waals surface area contributed by atoms with Crippen LogP contribution in [0.4, 0.5) is 5.69 Å². The van der Waals surface area contributed by atoms with Gasteiger partial charge in [-0.1, -0.05) is 31.5 Å². The highest BCUT2D eigenvalue weighted by molar-refractivity contribution is 6.47. The second-order valence-electron chi connectivity index (χ2n) is 7.98. The van der Waals surface area contributed by atoms with Crippen molar-refractivity contribution in [3.63, 3.8) is 0 Å². The molecule has 1 N–H and O–H groups in total. The maximum atomic E-state index is 13.3. The number of rotatable bonds is 9. The summed E-state index contributed by atoms with van der Waals surface area (Å²) in [4.78, 5) is 38.4. The summed E-state index contributed by atoms with van der Waals surface area (Å²) in [6.07, 6.45) is 3.49. The van der Waals surface area contributed by atoms with E-state index in [1.807, 2.05) is 37.3 Å². The number of esters is 1. The van der Waals surface area contributed by atoms with E-state index in [0.717, 1.165) is 23.9 Å². The van der Waals surface area contributed by atoms with Gasteiger partial charge in [-0.3, -0.25) is 9.59 Å². The van der Waals surface area contributed by atoms with Crippen LogP contribution in [0.5, 0.6) is 5.75 Å². The van der Waals surface area contributed by atoms with Crippen molar-refractivity contribution in [1.29, 1.82) is 0 Å². The SMILES string of the molecule is CCCCOC(=O)c1ccc(NC(=O)C(=O)c2c(-c3ccc(OC)cc3)cc3ccccn23)cc1. The van der Waals surface area contributed by atoms with Crippen LogP contribution in [0.3, 0.4) is 0 Å². The highest BCUT2D eigenvalue weighted by Gasteiger charge is 2.25. The molecular formula is C28H26N2O5. The van der Waals surface area contributed by atoms with Gasteiger partial charge in [0.25, 0.3) is 11.7 Å². The van der Waals surface area contributed by atoms with Crippen LogP contribution >= 0.6 is 0 Å². The van der Waals surface area contributed by atoms with Crippen molar-refractivity contribution in [2.45, 2.75) is 19.8 Å². The van der Waals surface area contributed by atoms with Crippen LogP contribution in [-0.4, -0.2) is 35.8 Å². The number of anilines is 1. The van der Waals surface area contributed by atoms with E-state index in [0.29, 0.717) is 29.2 Å². The number of ketones is 1. The van der Waals surface area contributed by atoms with Crippen molar-refractivity contribution in [2.75, 3.05) is 19.0 Å². The number of carbonyl (C=O) groups is 3. The van der Waals surface area contributed by atoms with Gasteiger partial charge in [0.05, 0.1) is 19.3 Å². The number of hydrogen-bond acceptors (Lipinski definition) is 5. The van der Waals surface area contributed by atoms with E-state index in [1.54, 1.807) is 60.2 Å². The first-order chi connectivity index (χ1) is 17.0. The molecule has 35 heavy (non-hydrogen) atoms. The van der Waals surface area contributed by atoms with Crippen LogP contribution < -0.4 is 10.1 Å². The lowest BCUT2D eigenvalue weighted by Crippen LogP contribution is -2.24. The number of amides is 1. The molecule has 0 aliphatic heterocycles. The van der Waals surface area contributed by atoms with Gasteiger partial charge in [-0.05, 0) is 66.6 Å². The van der Waals surface area contributed by atoms with E-state index < -0.39 is 17.7 Å². The fraction of sp³-hybridized carbons (Fsp3) is 0.179. The number of carbonyl (C=O) groups excluding carboxylic acids is 3. The molecule has 0 fully saturated rings. The molecule has 0 unspecified atom stereocenters. The Morgan fingerprint density at radius 2 is 1.69 bits per heavy atom. The van der Waals surface area contributed by atoms with Crippen molar-refractivity contribution in [1.82, 2.24) is 4.40 Å². The predicted octanol–water partition coefficient (Wildman–Crippen LogP) is 5.39. The van der Waals surface area contributed by atoms with Crippen LogP contribution in [-0.2, 0) is 9.53 Å². The Morgan fingerprint density at radius 3 is 2.37 bits per heavy atom. The van der Waals surface area contributed by atoms with Crippen molar-refractivity contribution in [3.8, 4) is 16.9 Å². The van der Waals surface area contributed by atoms with E-state index in [9.17, 15) is 14.4 Å². The maximum Gasteiger partial charge on any atom is 0.338 e. The van der Waals surface area contributed by atoms with Crippen LogP contribution in [0.25, 0.3) is 16.6 Å². The average molecular weight is 471 g/mol. The quantitative estimate of drug-likeness (QED) is 0.153. The van der Waals surface area contributed by atoms with Gasteiger partial charge in [0.2, 0.25) is 0 Å². The average Bonchev–Trinajstić information content (AvgIpc) is 3.28. The summed E-state index contributed by atoms with van der Waals surface area (Å²) in [7, 11) is 1.59. The van der Waals surface area contributed by atoms with Gasteiger partial charge >= 0.3 is 5.97 Å². The van der Waals surface area contributed by atoms with Crippen molar-refractivity contribution in [2.24, 2.45) is 0 Å². The number of hydrogen-bond donors (Lipinski definition) is 1. The van der Waals surface area contributed by atoms with E-state index in [-0.39, 0.29) is 5.69 Å². The summed E-state index contributed by atoms with van der Waals surface area (Å²) in [5.74, 6) is -1.18. The number of fused-ring (bicyclic) bond motifs is 1. The first-order valence-electron chi connectivity index (χ1n) is 11.4. The molecule has 0 saturated heterocycles. The lowest BCUT2D eigenvalue weighted by Gasteiger charge is -2.09. The smallest absolute Gasteiger partial charge is 0.338 e. The molecule has 2 heterocycles. The molecule has 0 atom stereocenters. The van der Waals surface area contributed by atoms with Gasteiger partial charge in [0, 0.05) is 23.0 Å². The largest absolute Gasteiger partial charge is 0.497 e. The molecule has 0 bridgehead atoms. The fourth-order valence-corrected chi connectivity index (χ4v) is 3.72. The predicted molar refractivity (Wildman–Crippen MR) is 134 cm³/mol. The van der Waals surface area contributed by atoms with Crippen LogP contribution in [0.1, 0.15) is 40.6 Å². The molecule has 0 radical (unpaired) electrons. The molecule has 0 aliphatic carbocycles. The van der Waals surface area contributed by atoms with Gasteiger partial charge in [-0.25, -0.2) is 4.79 Å². The van der Waals surface area contributed by atoms with Crippen LogP contribution in [0, 0.1) is 0 Å². The normalized spacial score (nSPS) is 10.7. The zero-order chi connectivity index (χ0) is 24.8. The Bertz CT molecular complexity index is 1350. The monoisotopic (exact) mass is 470 g/mol. The lowest BCUT2D eigenvalue weighted by molar-refractivity contribution is -0.112. The molecule has 7 heteroatoms. The molecule has 178 valence electrons. The minimum Gasteiger partial charge on any atom is -0.497 e. The lowest BCUT2D eigenvalue weighted by atomic mass is 10.0. The minimum atomic E-state index is -0.776. The zero-order valence-corrected chi connectivity index (χ0v) is 19.6. The molecule has 4 rings (SSSR count). The van der Waals surface area contributed by atoms with Gasteiger partial charge < -0.3 is 19.2 Å². The summed E-state index contributed by atoms with van der Waals surface area (Å²) in [6.45, 7) is 2.38. The topological polar surface area (TPSA) is 86.1 Å². The van der Waals surface area contributed by atoms with Gasteiger partial charge in [-0.15, -0.1) is 0 Å². The van der Waals surface area contributed by atoms with Gasteiger partial charge in [0.15, 0.2) is 0 Å². The summed E-state index contributed by atoms with van der Waals surface area (Å²) >= 11 is 0. The molecule has 4 aromatic rings. The summed E-state index contributed by atoms with van der Waals surface area (Å²) in [6, 6.07) is 21.0. The number of ether oxygens (including phenoxy) is 2. The number of methoxy groups -OCH3 is 1. The Kier molecular flexibility index (Phi) is 7.26. The first kappa shape index (κ1) is 23.8. The van der Waals surface area contributed by atoms with E-state index >= 15 is 0 Å². The van der Waals surface area contributed by atoms with Crippen LogP contribution in [0.15, 0.2) is 79.0 Å². The number of nitrogens with one attached hydrogen (secondary N) is 1. The number of nitrogens with zero attached hydrogens (tertiary/aromatic N) is 1. The zero-order valence-electron chi connectivity index (χ0n) is 19.6. The third kappa shape index (κ3) is 5.24. The summed E-state index contributed by atoms with van der Waals surface area (Å²) in [5, 5.41) is 2.64. The molecule has 0 aliphatic rings. The second-order valence-corrected chi connectivity index (χ2v) is 7.98. The number of benzene rings is 2. The number of unbranched alkanes of at least 4 members (excludes halogenated alkanes) is 1. The van der Waals surface area contributed by atoms with Crippen molar-refractivity contribution in [3.05, 3.63) is 90.3 Å². The number of Topliss-reactive ketones (excluding diaryl/α,β-unsaturated/α-hetero) is 1. The first-order valence-corrected chi connectivity index (χ1v) is 11.4. The third-order valence-electron chi connectivity index (χ3n) is 5.61. The molecule has 7 nitrogen and oxygen atoms in total. The van der Waals surface area contributed by atoms with Crippen molar-refractivity contribution < 1.29 is 23.9 Å².